The van der Waals surface area contributed by atoms with Gasteiger partial charge in [0.05, 0.1) is 5.69 Å². The number of aromatic nitrogens is 3. The van der Waals surface area contributed by atoms with Gasteiger partial charge in [-0.15, -0.1) is 0 Å². The third kappa shape index (κ3) is 4.01. The summed E-state index contributed by atoms with van der Waals surface area (Å²) >= 11 is 0. The van der Waals surface area contributed by atoms with E-state index in [2.05, 4.69) is 51.4 Å². The summed E-state index contributed by atoms with van der Waals surface area (Å²) in [5, 5.41) is 4.09. The van der Waals surface area contributed by atoms with E-state index in [9.17, 15) is 4.79 Å². The monoisotopic (exact) mass is 411 g/mol. The molecule has 4 aromatic rings. The summed E-state index contributed by atoms with van der Waals surface area (Å²) in [5.41, 5.74) is 3.40. The van der Waals surface area contributed by atoms with Gasteiger partial charge < -0.3 is 10.2 Å². The topological polar surface area (TPSA) is 63.1 Å². The van der Waals surface area contributed by atoms with Crippen LogP contribution in [0.2, 0.25) is 0 Å². The highest BCUT2D eigenvalue weighted by Crippen LogP contribution is 2.25. The molecule has 156 valence electrons. The van der Waals surface area contributed by atoms with Crippen molar-refractivity contribution in [3.8, 4) is 5.69 Å². The quantitative estimate of drug-likeness (QED) is 0.525. The van der Waals surface area contributed by atoms with Gasteiger partial charge in [0.1, 0.15) is 0 Å². The fraction of sp³-hybridized carbons (Fsp3) is 0.240. The van der Waals surface area contributed by atoms with Crippen LogP contribution in [0.1, 0.15) is 19.8 Å². The van der Waals surface area contributed by atoms with Gasteiger partial charge in [-0.3, -0.25) is 9.36 Å². The maximum Gasteiger partial charge on any atom is 0.256 e. The van der Waals surface area contributed by atoms with Gasteiger partial charge in [0, 0.05) is 42.1 Å². The number of piperidine rings is 1. The van der Waals surface area contributed by atoms with Crippen LogP contribution in [0.3, 0.4) is 0 Å². The summed E-state index contributed by atoms with van der Waals surface area (Å²) in [5.74, 6) is 1.20. The van der Waals surface area contributed by atoms with Crippen LogP contribution in [0, 0.1) is 5.92 Å². The minimum atomic E-state index is -0.122. The van der Waals surface area contributed by atoms with Crippen molar-refractivity contribution in [3.63, 3.8) is 0 Å². The van der Waals surface area contributed by atoms with E-state index in [4.69, 9.17) is 0 Å². The predicted molar refractivity (Wildman–Crippen MR) is 125 cm³/mol. The lowest BCUT2D eigenvalue weighted by atomic mass is 10.00. The van der Waals surface area contributed by atoms with Crippen molar-refractivity contribution >= 4 is 28.4 Å². The first-order valence-corrected chi connectivity index (χ1v) is 10.7. The molecule has 0 aliphatic carbocycles. The zero-order valence-corrected chi connectivity index (χ0v) is 17.5. The molecule has 1 atom stereocenters. The van der Waals surface area contributed by atoms with Crippen molar-refractivity contribution in [2.45, 2.75) is 19.8 Å². The predicted octanol–water partition coefficient (Wildman–Crippen LogP) is 4.76. The number of nitrogens with one attached hydrogen (secondary N) is 1. The minimum absolute atomic E-state index is 0.122. The third-order valence-electron chi connectivity index (χ3n) is 5.79. The van der Waals surface area contributed by atoms with Crippen LogP contribution in [0.5, 0.6) is 0 Å². The van der Waals surface area contributed by atoms with Crippen molar-refractivity contribution in [3.05, 3.63) is 83.3 Å². The van der Waals surface area contributed by atoms with Gasteiger partial charge in [-0.2, -0.15) is 4.98 Å². The van der Waals surface area contributed by atoms with E-state index in [0.29, 0.717) is 11.6 Å². The first kappa shape index (κ1) is 19.3. The number of hydrogen-bond acceptors (Lipinski definition) is 5. The summed E-state index contributed by atoms with van der Waals surface area (Å²) in [6.45, 7) is 4.54. The molecule has 0 saturated carbocycles. The average Bonchev–Trinajstić information content (AvgIpc) is 2.80. The molecule has 0 amide bonds. The van der Waals surface area contributed by atoms with E-state index in [0.717, 1.165) is 35.8 Å². The Balaban J connectivity index is 1.44. The van der Waals surface area contributed by atoms with Gasteiger partial charge in [-0.1, -0.05) is 25.1 Å². The van der Waals surface area contributed by atoms with Crippen LogP contribution < -0.4 is 15.8 Å². The van der Waals surface area contributed by atoms with Gasteiger partial charge in [0.2, 0.25) is 5.95 Å². The number of fused-ring (bicyclic) bond motifs is 1. The second-order valence-corrected chi connectivity index (χ2v) is 8.18. The van der Waals surface area contributed by atoms with Gasteiger partial charge in [-0.05, 0) is 61.2 Å². The molecule has 0 radical (unpaired) electrons. The van der Waals surface area contributed by atoms with Gasteiger partial charge in [0.25, 0.3) is 5.56 Å². The molecule has 1 fully saturated rings. The van der Waals surface area contributed by atoms with Crippen molar-refractivity contribution in [1.29, 1.82) is 0 Å². The minimum Gasteiger partial charge on any atom is -0.371 e. The summed E-state index contributed by atoms with van der Waals surface area (Å²) in [6.07, 6.45) is 4.30. The van der Waals surface area contributed by atoms with Crippen molar-refractivity contribution in [2.75, 3.05) is 23.3 Å². The second kappa shape index (κ2) is 8.22. The van der Waals surface area contributed by atoms with Crippen LogP contribution >= 0.6 is 0 Å². The Labute approximate surface area is 181 Å². The Morgan fingerprint density at radius 3 is 2.55 bits per heavy atom. The first-order valence-electron chi connectivity index (χ1n) is 10.7. The molecule has 1 saturated heterocycles. The number of pyridine rings is 1. The molecule has 1 aliphatic heterocycles. The van der Waals surface area contributed by atoms with Crippen molar-refractivity contribution in [2.24, 2.45) is 5.92 Å². The molecule has 2 aromatic carbocycles. The number of rotatable bonds is 4. The normalized spacial score (nSPS) is 16.4. The molecule has 5 rings (SSSR count). The molecule has 0 spiro atoms. The van der Waals surface area contributed by atoms with Gasteiger partial charge in [-0.25, -0.2) is 4.98 Å². The SMILES string of the molecule is CC1CCCN(c2ccc(Nc3ncc4ccc(=O)n(-c5ccccc5)c4n3)cc2)C1. The molecule has 1 unspecified atom stereocenters. The summed E-state index contributed by atoms with van der Waals surface area (Å²) in [6, 6.07) is 21.2. The molecule has 6 heteroatoms. The Bertz CT molecular complexity index is 1250. The molecule has 0 bridgehead atoms. The Kier molecular flexibility index (Phi) is 5.12. The maximum absolute atomic E-state index is 12.6. The largest absolute Gasteiger partial charge is 0.371 e. The number of anilines is 3. The Hall–Kier alpha value is -3.67. The van der Waals surface area contributed by atoms with E-state index in [1.54, 1.807) is 22.9 Å². The Morgan fingerprint density at radius 2 is 1.77 bits per heavy atom. The van der Waals surface area contributed by atoms with Crippen LogP contribution in [-0.2, 0) is 0 Å². The average molecular weight is 412 g/mol. The van der Waals surface area contributed by atoms with E-state index in [1.165, 1.54) is 18.5 Å². The van der Waals surface area contributed by atoms with E-state index < -0.39 is 0 Å². The highest BCUT2D eigenvalue weighted by molar-refractivity contribution is 5.77. The zero-order valence-electron chi connectivity index (χ0n) is 17.5. The van der Waals surface area contributed by atoms with Crippen LogP contribution in [-0.4, -0.2) is 27.6 Å². The van der Waals surface area contributed by atoms with E-state index in [-0.39, 0.29) is 5.56 Å². The molecular formula is C25H25N5O. The van der Waals surface area contributed by atoms with Gasteiger partial charge in [0.15, 0.2) is 5.65 Å². The van der Waals surface area contributed by atoms with Crippen LogP contribution in [0.25, 0.3) is 16.7 Å². The zero-order chi connectivity index (χ0) is 21.2. The van der Waals surface area contributed by atoms with E-state index >= 15 is 0 Å². The molecule has 1 aliphatic rings. The molecular weight excluding hydrogens is 386 g/mol. The Morgan fingerprint density at radius 1 is 0.968 bits per heavy atom. The molecule has 1 N–H and O–H groups in total. The highest BCUT2D eigenvalue weighted by Gasteiger charge is 2.16. The van der Waals surface area contributed by atoms with E-state index in [1.807, 2.05) is 30.3 Å². The van der Waals surface area contributed by atoms with Crippen LogP contribution in [0.4, 0.5) is 17.3 Å². The summed E-state index contributed by atoms with van der Waals surface area (Å²) in [4.78, 5) is 24.1. The lowest BCUT2D eigenvalue weighted by Crippen LogP contribution is -2.34. The summed E-state index contributed by atoms with van der Waals surface area (Å²) < 4.78 is 1.61. The molecule has 6 nitrogen and oxygen atoms in total. The maximum atomic E-state index is 12.6. The number of benzene rings is 2. The smallest absolute Gasteiger partial charge is 0.256 e. The van der Waals surface area contributed by atoms with Crippen LogP contribution in [0.15, 0.2) is 77.7 Å². The number of para-hydroxylation sites is 1. The molecule has 2 aromatic heterocycles. The third-order valence-corrected chi connectivity index (χ3v) is 5.79. The lowest BCUT2D eigenvalue weighted by Gasteiger charge is -2.32. The molecule has 31 heavy (non-hydrogen) atoms. The second-order valence-electron chi connectivity index (χ2n) is 8.18. The van der Waals surface area contributed by atoms with Crippen molar-refractivity contribution < 1.29 is 0 Å². The van der Waals surface area contributed by atoms with Gasteiger partial charge >= 0.3 is 0 Å². The summed E-state index contributed by atoms with van der Waals surface area (Å²) in [7, 11) is 0. The highest BCUT2D eigenvalue weighted by atomic mass is 16.1. The molecule has 3 heterocycles. The first-order chi connectivity index (χ1) is 15.2. The standard InChI is InChI=1S/C25H25N5O/c1-18-6-5-15-29(17-18)21-12-10-20(11-13-21)27-25-26-16-19-9-14-23(31)30(24(19)28-25)22-7-3-2-4-8-22/h2-4,7-14,16,18H,5-6,15,17H2,1H3,(H,26,27,28). The fourth-order valence-electron chi connectivity index (χ4n) is 4.21. The number of hydrogen-bond donors (Lipinski definition) is 1. The van der Waals surface area contributed by atoms with Crippen molar-refractivity contribution in [1.82, 2.24) is 14.5 Å². The lowest BCUT2D eigenvalue weighted by molar-refractivity contribution is 0.447. The number of nitrogens with zero attached hydrogens (tertiary/aromatic N) is 4. The fourth-order valence-corrected chi connectivity index (χ4v) is 4.21.